The standard InChI is InChI=1S/C21H26N2/c1-2-9-16-10-6-11-17-18-12-13-22-19(15-7-3-4-8-15)21(18)23(14-5-1)20(16)17/h6,10-11,15H,1-5,7-9,12-14H2. The van der Waals surface area contributed by atoms with E-state index in [0.717, 1.165) is 18.9 Å². The summed E-state index contributed by atoms with van der Waals surface area (Å²) in [5, 5.41) is 1.53. The molecule has 1 aliphatic carbocycles. The summed E-state index contributed by atoms with van der Waals surface area (Å²) in [5.41, 5.74) is 7.73. The Morgan fingerprint density at radius 3 is 2.78 bits per heavy atom. The largest absolute Gasteiger partial charge is 0.339 e. The van der Waals surface area contributed by atoms with Gasteiger partial charge in [-0.2, -0.15) is 0 Å². The molecule has 3 heterocycles. The minimum absolute atomic E-state index is 0.725. The zero-order chi connectivity index (χ0) is 15.2. The predicted octanol–water partition coefficient (Wildman–Crippen LogP) is 4.90. The van der Waals surface area contributed by atoms with E-state index in [1.54, 1.807) is 16.6 Å². The van der Waals surface area contributed by atoms with Crippen LogP contribution in [0.15, 0.2) is 23.2 Å². The van der Waals surface area contributed by atoms with Crippen molar-refractivity contribution in [2.24, 2.45) is 10.9 Å². The fraction of sp³-hybridized carbons (Fsp3) is 0.571. The van der Waals surface area contributed by atoms with Gasteiger partial charge in [0, 0.05) is 24.4 Å². The summed E-state index contributed by atoms with van der Waals surface area (Å²) in [5.74, 6) is 0.725. The van der Waals surface area contributed by atoms with Crippen LogP contribution in [0.4, 0.5) is 0 Å². The zero-order valence-corrected chi connectivity index (χ0v) is 14.0. The fourth-order valence-electron chi connectivity index (χ4n) is 5.17. The molecule has 1 fully saturated rings. The molecule has 2 nitrogen and oxygen atoms in total. The van der Waals surface area contributed by atoms with Gasteiger partial charge >= 0.3 is 0 Å². The zero-order valence-electron chi connectivity index (χ0n) is 14.0. The molecular formula is C21H26N2. The molecule has 0 spiro atoms. The van der Waals surface area contributed by atoms with Gasteiger partial charge in [0.05, 0.1) is 16.9 Å². The Labute approximate surface area is 138 Å². The second kappa shape index (κ2) is 5.51. The number of aromatic nitrogens is 1. The quantitative estimate of drug-likeness (QED) is 0.713. The van der Waals surface area contributed by atoms with Crippen LogP contribution in [-0.2, 0) is 19.4 Å². The highest BCUT2D eigenvalue weighted by molar-refractivity contribution is 6.08. The van der Waals surface area contributed by atoms with Crippen molar-refractivity contribution >= 4 is 16.6 Å². The van der Waals surface area contributed by atoms with Crippen molar-refractivity contribution < 1.29 is 0 Å². The van der Waals surface area contributed by atoms with E-state index in [9.17, 15) is 0 Å². The lowest BCUT2D eigenvalue weighted by Crippen LogP contribution is -2.23. The monoisotopic (exact) mass is 306 g/mol. The van der Waals surface area contributed by atoms with Crippen molar-refractivity contribution in [2.75, 3.05) is 6.54 Å². The average molecular weight is 306 g/mol. The highest BCUT2D eigenvalue weighted by Gasteiger charge is 2.31. The lowest BCUT2D eigenvalue weighted by Gasteiger charge is -2.22. The highest BCUT2D eigenvalue weighted by Crippen LogP contribution is 2.38. The maximum Gasteiger partial charge on any atom is 0.0668 e. The molecule has 1 aromatic heterocycles. The third kappa shape index (κ3) is 2.10. The molecule has 2 aliphatic heterocycles. The van der Waals surface area contributed by atoms with Crippen LogP contribution in [0.2, 0.25) is 0 Å². The lowest BCUT2D eigenvalue weighted by atomic mass is 9.92. The number of hydrogen-bond donors (Lipinski definition) is 0. The summed E-state index contributed by atoms with van der Waals surface area (Å²) in [6, 6.07) is 7.01. The van der Waals surface area contributed by atoms with Crippen LogP contribution in [0.5, 0.6) is 0 Å². The fourth-order valence-corrected chi connectivity index (χ4v) is 5.17. The van der Waals surface area contributed by atoms with Crippen LogP contribution in [0.3, 0.4) is 0 Å². The van der Waals surface area contributed by atoms with Crippen LogP contribution in [0, 0.1) is 5.92 Å². The molecule has 0 bridgehead atoms. The van der Waals surface area contributed by atoms with Crippen LogP contribution in [0.25, 0.3) is 10.9 Å². The van der Waals surface area contributed by atoms with Crippen molar-refractivity contribution in [3.8, 4) is 0 Å². The van der Waals surface area contributed by atoms with E-state index in [4.69, 9.17) is 4.99 Å². The van der Waals surface area contributed by atoms with Gasteiger partial charge in [0.2, 0.25) is 0 Å². The smallest absolute Gasteiger partial charge is 0.0668 e. The molecule has 120 valence electrons. The Hall–Kier alpha value is -1.57. The first-order valence-corrected chi connectivity index (χ1v) is 9.61. The average Bonchev–Trinajstić information content (AvgIpc) is 3.19. The number of benzene rings is 1. The Kier molecular flexibility index (Phi) is 3.31. The van der Waals surface area contributed by atoms with Crippen LogP contribution < -0.4 is 0 Å². The summed E-state index contributed by atoms with van der Waals surface area (Å²) in [6.45, 7) is 2.19. The van der Waals surface area contributed by atoms with E-state index in [2.05, 4.69) is 22.8 Å². The predicted molar refractivity (Wildman–Crippen MR) is 96.6 cm³/mol. The minimum atomic E-state index is 0.725. The van der Waals surface area contributed by atoms with Crippen molar-refractivity contribution in [3.63, 3.8) is 0 Å². The van der Waals surface area contributed by atoms with Gasteiger partial charge in [-0.05, 0) is 49.7 Å². The molecule has 2 aromatic rings. The summed E-state index contributed by atoms with van der Waals surface area (Å²) in [4.78, 5) is 5.06. The third-order valence-corrected chi connectivity index (χ3v) is 6.23. The number of rotatable bonds is 1. The van der Waals surface area contributed by atoms with E-state index in [0.29, 0.717) is 0 Å². The molecule has 3 aliphatic rings. The summed E-state index contributed by atoms with van der Waals surface area (Å²) in [7, 11) is 0. The van der Waals surface area contributed by atoms with Gasteiger partial charge in [-0.3, -0.25) is 4.99 Å². The molecule has 0 unspecified atom stereocenters. The second-order valence-electron chi connectivity index (χ2n) is 7.60. The van der Waals surface area contributed by atoms with Gasteiger partial charge in [0.1, 0.15) is 0 Å². The van der Waals surface area contributed by atoms with Crippen LogP contribution in [0.1, 0.15) is 61.8 Å². The Morgan fingerprint density at radius 2 is 1.87 bits per heavy atom. The maximum atomic E-state index is 5.06. The van der Waals surface area contributed by atoms with E-state index < -0.39 is 0 Å². The first-order valence-electron chi connectivity index (χ1n) is 9.61. The van der Waals surface area contributed by atoms with Gasteiger partial charge in [0.15, 0.2) is 0 Å². The van der Waals surface area contributed by atoms with Gasteiger partial charge in [-0.1, -0.05) is 37.5 Å². The van der Waals surface area contributed by atoms with Gasteiger partial charge < -0.3 is 4.57 Å². The molecule has 0 amide bonds. The number of para-hydroxylation sites is 1. The third-order valence-electron chi connectivity index (χ3n) is 6.23. The van der Waals surface area contributed by atoms with E-state index in [1.807, 2.05) is 0 Å². The molecular weight excluding hydrogens is 280 g/mol. The molecule has 0 N–H and O–H groups in total. The van der Waals surface area contributed by atoms with Gasteiger partial charge in [-0.15, -0.1) is 0 Å². The van der Waals surface area contributed by atoms with Gasteiger partial charge in [0.25, 0.3) is 0 Å². The SMILES string of the molecule is c1cc2c3c(c1)c1c(n3CCCCC2)C(C2CCCC2)=NCC1. The Morgan fingerprint density at radius 1 is 0.957 bits per heavy atom. The van der Waals surface area contributed by atoms with E-state index >= 15 is 0 Å². The molecule has 1 aromatic carbocycles. The van der Waals surface area contributed by atoms with E-state index in [-0.39, 0.29) is 0 Å². The van der Waals surface area contributed by atoms with E-state index in [1.165, 1.54) is 74.7 Å². The highest BCUT2D eigenvalue weighted by atomic mass is 15.0. The topological polar surface area (TPSA) is 17.3 Å². The lowest BCUT2D eigenvalue weighted by molar-refractivity contribution is 0.577. The molecule has 23 heavy (non-hydrogen) atoms. The molecule has 0 radical (unpaired) electrons. The summed E-state index contributed by atoms with van der Waals surface area (Å²) < 4.78 is 2.68. The number of nitrogens with zero attached hydrogens (tertiary/aromatic N) is 2. The Balaban J connectivity index is 1.77. The second-order valence-corrected chi connectivity index (χ2v) is 7.60. The Bertz CT molecular complexity index is 775. The number of hydrogen-bond acceptors (Lipinski definition) is 1. The molecule has 1 saturated carbocycles. The van der Waals surface area contributed by atoms with Crippen molar-refractivity contribution in [1.82, 2.24) is 4.57 Å². The van der Waals surface area contributed by atoms with Crippen molar-refractivity contribution in [3.05, 3.63) is 35.0 Å². The number of fused-ring (bicyclic) bond motifs is 3. The molecule has 5 rings (SSSR count). The molecule has 2 heteroatoms. The van der Waals surface area contributed by atoms with Crippen molar-refractivity contribution in [2.45, 2.75) is 64.3 Å². The maximum absolute atomic E-state index is 5.06. The number of aliphatic imine (C=N–C) groups is 1. The van der Waals surface area contributed by atoms with Crippen molar-refractivity contribution in [1.29, 1.82) is 0 Å². The minimum Gasteiger partial charge on any atom is -0.339 e. The summed E-state index contributed by atoms with van der Waals surface area (Å²) >= 11 is 0. The first kappa shape index (κ1) is 13.8. The number of aryl methyl sites for hydroxylation is 2. The molecule has 0 saturated heterocycles. The van der Waals surface area contributed by atoms with Gasteiger partial charge in [-0.25, -0.2) is 0 Å². The molecule has 0 atom stereocenters. The normalized spacial score (nSPS) is 21.8. The first-order chi connectivity index (χ1) is 11.4. The van der Waals surface area contributed by atoms with Crippen LogP contribution in [-0.4, -0.2) is 16.8 Å². The van der Waals surface area contributed by atoms with Crippen LogP contribution >= 0.6 is 0 Å². The summed E-state index contributed by atoms with van der Waals surface area (Å²) in [6.07, 6.45) is 11.9.